The van der Waals surface area contributed by atoms with E-state index in [0.717, 1.165) is 0 Å². The molecule has 0 saturated carbocycles. The monoisotopic (exact) mass is 168 g/mol. The van der Waals surface area contributed by atoms with E-state index in [0.29, 0.717) is 5.69 Å². The van der Waals surface area contributed by atoms with Gasteiger partial charge in [0, 0.05) is 6.04 Å². The fourth-order valence-electron chi connectivity index (χ4n) is 0.842. The summed E-state index contributed by atoms with van der Waals surface area (Å²) in [5, 5.41) is 18.3. The van der Waals surface area contributed by atoms with E-state index in [4.69, 9.17) is 10.8 Å². The molecule has 0 aliphatic rings. The largest absolute Gasteiger partial charge is 0.506 e. The summed E-state index contributed by atoms with van der Waals surface area (Å²) in [4.78, 5) is 3.82. The molecule has 4 N–H and O–H groups in total. The van der Waals surface area contributed by atoms with Crippen LogP contribution in [-0.4, -0.2) is 21.2 Å². The van der Waals surface area contributed by atoms with E-state index in [2.05, 4.69) is 4.98 Å². The molecular formula is C8H12N2O2. The lowest BCUT2D eigenvalue weighted by Crippen LogP contribution is -2.24. The first-order valence-corrected chi connectivity index (χ1v) is 3.70. The van der Waals surface area contributed by atoms with Crippen molar-refractivity contribution in [3.63, 3.8) is 0 Å². The lowest BCUT2D eigenvalue weighted by Gasteiger charge is -2.13. The lowest BCUT2D eigenvalue weighted by atomic mass is 10.1. The summed E-state index contributed by atoms with van der Waals surface area (Å²) in [7, 11) is 0. The number of aromatic nitrogens is 1. The molecule has 1 aromatic rings. The molecule has 0 amide bonds. The average molecular weight is 168 g/mol. The molecule has 2 atom stereocenters. The van der Waals surface area contributed by atoms with Gasteiger partial charge in [-0.2, -0.15) is 0 Å². The van der Waals surface area contributed by atoms with Gasteiger partial charge < -0.3 is 15.9 Å². The van der Waals surface area contributed by atoms with Crippen LogP contribution < -0.4 is 5.73 Å². The van der Waals surface area contributed by atoms with Crippen molar-refractivity contribution in [1.82, 2.24) is 4.98 Å². The van der Waals surface area contributed by atoms with E-state index < -0.39 is 6.10 Å². The molecule has 66 valence electrons. The van der Waals surface area contributed by atoms with Crippen LogP contribution in [-0.2, 0) is 0 Å². The molecule has 0 unspecified atom stereocenters. The summed E-state index contributed by atoms with van der Waals surface area (Å²) >= 11 is 0. The minimum Gasteiger partial charge on any atom is -0.506 e. The van der Waals surface area contributed by atoms with Crippen molar-refractivity contribution in [1.29, 1.82) is 0 Å². The van der Waals surface area contributed by atoms with Gasteiger partial charge in [0.05, 0.1) is 11.9 Å². The molecule has 1 aromatic heterocycles. The van der Waals surface area contributed by atoms with Crippen molar-refractivity contribution >= 4 is 0 Å². The van der Waals surface area contributed by atoms with Crippen LogP contribution in [0.3, 0.4) is 0 Å². The molecule has 0 bridgehead atoms. The molecule has 0 aliphatic heterocycles. The van der Waals surface area contributed by atoms with E-state index in [1.165, 1.54) is 12.3 Å². The highest BCUT2D eigenvalue weighted by atomic mass is 16.3. The Morgan fingerprint density at radius 3 is 2.58 bits per heavy atom. The fourth-order valence-corrected chi connectivity index (χ4v) is 0.842. The first-order valence-electron chi connectivity index (χ1n) is 3.70. The molecule has 1 rings (SSSR count). The number of nitrogens with two attached hydrogens (primary N) is 1. The zero-order chi connectivity index (χ0) is 9.14. The number of rotatable bonds is 2. The predicted molar refractivity (Wildman–Crippen MR) is 44.5 cm³/mol. The Morgan fingerprint density at radius 2 is 2.17 bits per heavy atom. The van der Waals surface area contributed by atoms with Crippen LogP contribution in [0.25, 0.3) is 0 Å². The summed E-state index contributed by atoms with van der Waals surface area (Å²) in [6.45, 7) is 1.69. The van der Waals surface area contributed by atoms with Gasteiger partial charge in [-0.1, -0.05) is 0 Å². The van der Waals surface area contributed by atoms with Crippen LogP contribution in [0.4, 0.5) is 0 Å². The number of aromatic hydroxyl groups is 1. The van der Waals surface area contributed by atoms with Crippen molar-refractivity contribution in [2.75, 3.05) is 0 Å². The number of nitrogens with zero attached hydrogens (tertiary/aromatic N) is 1. The highest BCUT2D eigenvalue weighted by Crippen LogP contribution is 2.14. The third-order valence-electron chi connectivity index (χ3n) is 1.57. The Kier molecular flexibility index (Phi) is 2.62. The Labute approximate surface area is 70.7 Å². The fraction of sp³-hybridized carbons (Fsp3) is 0.375. The second-order valence-electron chi connectivity index (χ2n) is 2.75. The Hall–Kier alpha value is -1.13. The summed E-state index contributed by atoms with van der Waals surface area (Å²) in [6, 6.07) is 2.65. The second-order valence-corrected chi connectivity index (χ2v) is 2.75. The number of aliphatic hydroxyl groups excluding tert-OH is 1. The average Bonchev–Trinajstić information content (AvgIpc) is 2.04. The molecule has 0 aliphatic carbocycles. The summed E-state index contributed by atoms with van der Waals surface area (Å²) in [5.74, 6) is 0.0793. The van der Waals surface area contributed by atoms with Gasteiger partial charge >= 0.3 is 0 Å². The van der Waals surface area contributed by atoms with Gasteiger partial charge in [0.15, 0.2) is 0 Å². The van der Waals surface area contributed by atoms with Gasteiger partial charge in [-0.25, -0.2) is 0 Å². The van der Waals surface area contributed by atoms with E-state index >= 15 is 0 Å². The SMILES string of the molecule is C[C@H](N)[C@H](O)c1ccc(O)cn1. The van der Waals surface area contributed by atoms with Crippen molar-refractivity contribution in [3.8, 4) is 5.75 Å². The van der Waals surface area contributed by atoms with Crippen LogP contribution in [0.5, 0.6) is 5.75 Å². The maximum Gasteiger partial charge on any atom is 0.133 e. The van der Waals surface area contributed by atoms with Gasteiger partial charge in [-0.3, -0.25) is 4.98 Å². The van der Waals surface area contributed by atoms with E-state index in [9.17, 15) is 5.11 Å². The third kappa shape index (κ3) is 1.93. The molecule has 4 nitrogen and oxygen atoms in total. The summed E-state index contributed by atoms with van der Waals surface area (Å²) in [6.07, 6.45) is 0.506. The first-order chi connectivity index (χ1) is 5.61. The minimum atomic E-state index is -0.773. The number of hydrogen-bond donors (Lipinski definition) is 3. The second kappa shape index (κ2) is 3.51. The van der Waals surface area contributed by atoms with Crippen LogP contribution >= 0.6 is 0 Å². The normalized spacial score (nSPS) is 15.6. The first kappa shape index (κ1) is 8.96. The Balaban J connectivity index is 2.82. The van der Waals surface area contributed by atoms with Gasteiger partial charge in [0.25, 0.3) is 0 Å². The standard InChI is InChI=1S/C8H12N2O2/c1-5(9)8(12)7-3-2-6(11)4-10-7/h2-5,8,11-12H,9H2,1H3/t5-,8-/m0/s1. The maximum absolute atomic E-state index is 9.42. The van der Waals surface area contributed by atoms with Gasteiger partial charge in [0.2, 0.25) is 0 Å². The minimum absolute atomic E-state index is 0.0793. The molecule has 1 heterocycles. The maximum atomic E-state index is 9.42. The van der Waals surface area contributed by atoms with Gasteiger partial charge in [-0.05, 0) is 19.1 Å². The summed E-state index contributed by atoms with van der Waals surface area (Å²) < 4.78 is 0. The van der Waals surface area contributed by atoms with Crippen molar-refractivity contribution in [2.45, 2.75) is 19.1 Å². The molecule has 12 heavy (non-hydrogen) atoms. The van der Waals surface area contributed by atoms with E-state index in [1.54, 1.807) is 13.0 Å². The lowest BCUT2D eigenvalue weighted by molar-refractivity contribution is 0.148. The zero-order valence-corrected chi connectivity index (χ0v) is 6.81. The molecule has 0 spiro atoms. The van der Waals surface area contributed by atoms with Crippen LogP contribution in [0.15, 0.2) is 18.3 Å². The quantitative estimate of drug-likeness (QED) is 0.588. The molecule has 0 radical (unpaired) electrons. The smallest absolute Gasteiger partial charge is 0.133 e. The summed E-state index contributed by atoms with van der Waals surface area (Å²) in [5.41, 5.74) is 5.93. The van der Waals surface area contributed by atoms with Crippen molar-refractivity contribution in [3.05, 3.63) is 24.0 Å². The molecule has 4 heteroatoms. The Morgan fingerprint density at radius 1 is 1.50 bits per heavy atom. The van der Waals surface area contributed by atoms with Crippen molar-refractivity contribution in [2.24, 2.45) is 5.73 Å². The van der Waals surface area contributed by atoms with E-state index in [-0.39, 0.29) is 11.8 Å². The highest BCUT2D eigenvalue weighted by Gasteiger charge is 2.12. The topological polar surface area (TPSA) is 79.4 Å². The van der Waals surface area contributed by atoms with Gasteiger partial charge in [-0.15, -0.1) is 0 Å². The van der Waals surface area contributed by atoms with E-state index in [1.807, 2.05) is 0 Å². The van der Waals surface area contributed by atoms with Crippen LogP contribution in [0.1, 0.15) is 18.7 Å². The molecule has 0 aromatic carbocycles. The van der Waals surface area contributed by atoms with Crippen LogP contribution in [0, 0.1) is 0 Å². The number of hydrogen-bond acceptors (Lipinski definition) is 4. The highest BCUT2D eigenvalue weighted by molar-refractivity contribution is 5.19. The predicted octanol–water partition coefficient (Wildman–Crippen LogP) is 0.168. The molecular weight excluding hydrogens is 156 g/mol. The molecule has 0 fully saturated rings. The van der Waals surface area contributed by atoms with Crippen molar-refractivity contribution < 1.29 is 10.2 Å². The van der Waals surface area contributed by atoms with Gasteiger partial charge in [0.1, 0.15) is 11.9 Å². The third-order valence-corrected chi connectivity index (χ3v) is 1.57. The Bertz CT molecular complexity index is 246. The molecule has 0 saturated heterocycles. The number of aliphatic hydroxyl groups is 1. The zero-order valence-electron chi connectivity index (χ0n) is 6.81. The number of pyridine rings is 1. The van der Waals surface area contributed by atoms with Crippen LogP contribution in [0.2, 0.25) is 0 Å².